The van der Waals surface area contributed by atoms with Gasteiger partial charge in [0.1, 0.15) is 5.75 Å². The first-order valence-corrected chi connectivity index (χ1v) is 8.18. The van der Waals surface area contributed by atoms with Crippen molar-refractivity contribution in [3.63, 3.8) is 0 Å². The SMILES string of the molecule is O=C(CC[C@H]1Cc2ccccc2NC1=O)Oc1ccc2c(c1)OCO2. The van der Waals surface area contributed by atoms with Crippen molar-refractivity contribution in [2.45, 2.75) is 19.3 Å². The van der Waals surface area contributed by atoms with E-state index in [1.807, 2.05) is 24.3 Å². The standard InChI is InChI=1S/C19H17NO5/c21-18(25-14-6-7-16-17(10-14)24-11-23-16)8-5-13-9-12-3-1-2-4-15(12)20-19(13)22/h1-4,6-7,10,13H,5,8-9,11H2,(H,20,22)/t13-/m0/s1. The number of ether oxygens (including phenoxy) is 3. The molecule has 1 atom stereocenters. The van der Waals surface area contributed by atoms with Crippen LogP contribution in [-0.2, 0) is 16.0 Å². The van der Waals surface area contributed by atoms with Gasteiger partial charge in [0.15, 0.2) is 11.5 Å². The lowest BCUT2D eigenvalue weighted by atomic mass is 9.90. The van der Waals surface area contributed by atoms with Gasteiger partial charge in [-0.2, -0.15) is 0 Å². The average molecular weight is 339 g/mol. The van der Waals surface area contributed by atoms with E-state index >= 15 is 0 Å². The number of carbonyl (C=O) groups is 2. The van der Waals surface area contributed by atoms with Crippen LogP contribution in [0.4, 0.5) is 5.69 Å². The predicted octanol–water partition coefficient (Wildman–Crippen LogP) is 2.91. The van der Waals surface area contributed by atoms with Crippen LogP contribution in [0.1, 0.15) is 18.4 Å². The molecule has 1 N–H and O–H groups in total. The quantitative estimate of drug-likeness (QED) is 0.685. The number of hydrogen-bond acceptors (Lipinski definition) is 5. The third-order valence-electron chi connectivity index (χ3n) is 4.38. The Hall–Kier alpha value is -3.02. The molecule has 6 nitrogen and oxygen atoms in total. The molecule has 0 saturated carbocycles. The Kier molecular flexibility index (Phi) is 4.01. The highest BCUT2D eigenvalue weighted by Crippen LogP contribution is 2.35. The largest absolute Gasteiger partial charge is 0.454 e. The first-order valence-electron chi connectivity index (χ1n) is 8.18. The lowest BCUT2D eigenvalue weighted by Gasteiger charge is -2.24. The summed E-state index contributed by atoms with van der Waals surface area (Å²) in [6, 6.07) is 12.7. The summed E-state index contributed by atoms with van der Waals surface area (Å²) in [5, 5.41) is 2.89. The van der Waals surface area contributed by atoms with Gasteiger partial charge in [0, 0.05) is 24.1 Å². The van der Waals surface area contributed by atoms with Gasteiger partial charge in [-0.3, -0.25) is 9.59 Å². The number of carbonyl (C=O) groups excluding carboxylic acids is 2. The molecule has 6 heteroatoms. The van der Waals surface area contributed by atoms with Gasteiger partial charge in [-0.05, 0) is 36.6 Å². The Balaban J connectivity index is 1.34. The van der Waals surface area contributed by atoms with Crippen LogP contribution in [0.15, 0.2) is 42.5 Å². The number of amides is 1. The van der Waals surface area contributed by atoms with Crippen molar-refractivity contribution in [2.75, 3.05) is 12.1 Å². The van der Waals surface area contributed by atoms with Crippen molar-refractivity contribution in [1.82, 2.24) is 0 Å². The van der Waals surface area contributed by atoms with E-state index in [-0.39, 0.29) is 31.0 Å². The molecule has 128 valence electrons. The fourth-order valence-electron chi connectivity index (χ4n) is 3.06. The summed E-state index contributed by atoms with van der Waals surface area (Å²) >= 11 is 0. The van der Waals surface area contributed by atoms with Crippen LogP contribution < -0.4 is 19.5 Å². The van der Waals surface area contributed by atoms with E-state index in [0.29, 0.717) is 30.1 Å². The van der Waals surface area contributed by atoms with Gasteiger partial charge in [-0.25, -0.2) is 0 Å². The molecule has 0 spiro atoms. The van der Waals surface area contributed by atoms with E-state index in [0.717, 1.165) is 11.3 Å². The van der Waals surface area contributed by atoms with E-state index < -0.39 is 0 Å². The molecule has 0 bridgehead atoms. The minimum Gasteiger partial charge on any atom is -0.454 e. The molecular formula is C19H17NO5. The second kappa shape index (κ2) is 6.47. The summed E-state index contributed by atoms with van der Waals surface area (Å²) in [6.07, 6.45) is 1.26. The first-order chi connectivity index (χ1) is 12.2. The normalized spacial score (nSPS) is 17.6. The molecule has 2 aromatic rings. The minimum absolute atomic E-state index is 0.0467. The zero-order valence-electron chi connectivity index (χ0n) is 13.5. The van der Waals surface area contributed by atoms with Crippen molar-refractivity contribution < 1.29 is 23.8 Å². The van der Waals surface area contributed by atoms with Crippen molar-refractivity contribution in [2.24, 2.45) is 5.92 Å². The van der Waals surface area contributed by atoms with Crippen molar-refractivity contribution >= 4 is 17.6 Å². The van der Waals surface area contributed by atoms with E-state index in [1.165, 1.54) is 0 Å². The lowest BCUT2D eigenvalue weighted by Crippen LogP contribution is -2.30. The van der Waals surface area contributed by atoms with Crippen LogP contribution >= 0.6 is 0 Å². The highest BCUT2D eigenvalue weighted by Gasteiger charge is 2.26. The topological polar surface area (TPSA) is 73.9 Å². The Labute approximate surface area is 144 Å². The summed E-state index contributed by atoms with van der Waals surface area (Å²) in [5.74, 6) is 0.970. The molecule has 25 heavy (non-hydrogen) atoms. The summed E-state index contributed by atoms with van der Waals surface area (Å²) in [4.78, 5) is 24.2. The van der Waals surface area contributed by atoms with Crippen LogP contribution in [0.3, 0.4) is 0 Å². The number of anilines is 1. The number of nitrogens with one attached hydrogen (secondary N) is 1. The molecule has 1 amide bonds. The second-order valence-electron chi connectivity index (χ2n) is 6.08. The van der Waals surface area contributed by atoms with Gasteiger partial charge in [-0.1, -0.05) is 18.2 Å². The van der Waals surface area contributed by atoms with Gasteiger partial charge in [0.25, 0.3) is 0 Å². The van der Waals surface area contributed by atoms with Gasteiger partial charge < -0.3 is 19.5 Å². The Bertz CT molecular complexity index is 832. The smallest absolute Gasteiger partial charge is 0.311 e. The number of fused-ring (bicyclic) bond motifs is 2. The summed E-state index contributed by atoms with van der Waals surface area (Å²) in [7, 11) is 0. The molecule has 0 aromatic heterocycles. The fraction of sp³-hybridized carbons (Fsp3) is 0.263. The first kappa shape index (κ1) is 15.5. The van der Waals surface area contributed by atoms with E-state index in [1.54, 1.807) is 18.2 Å². The summed E-state index contributed by atoms with van der Waals surface area (Å²) in [5.41, 5.74) is 1.95. The van der Waals surface area contributed by atoms with Crippen LogP contribution in [0.2, 0.25) is 0 Å². The van der Waals surface area contributed by atoms with E-state index in [4.69, 9.17) is 14.2 Å². The fourth-order valence-corrected chi connectivity index (χ4v) is 3.06. The average Bonchev–Trinajstić information content (AvgIpc) is 3.07. The zero-order chi connectivity index (χ0) is 17.2. The van der Waals surface area contributed by atoms with Gasteiger partial charge in [-0.15, -0.1) is 0 Å². The highest BCUT2D eigenvalue weighted by atomic mass is 16.7. The molecule has 0 fully saturated rings. The van der Waals surface area contributed by atoms with Crippen LogP contribution in [0.25, 0.3) is 0 Å². The molecule has 2 aromatic carbocycles. The van der Waals surface area contributed by atoms with Crippen LogP contribution in [-0.4, -0.2) is 18.7 Å². The van der Waals surface area contributed by atoms with Crippen molar-refractivity contribution in [3.8, 4) is 17.2 Å². The van der Waals surface area contributed by atoms with Gasteiger partial charge in [0.05, 0.1) is 0 Å². The molecule has 4 rings (SSSR count). The molecule has 0 unspecified atom stereocenters. The van der Waals surface area contributed by atoms with E-state index in [9.17, 15) is 9.59 Å². The lowest BCUT2D eigenvalue weighted by molar-refractivity contribution is -0.134. The van der Waals surface area contributed by atoms with Crippen molar-refractivity contribution in [1.29, 1.82) is 0 Å². The molecule has 0 radical (unpaired) electrons. The molecule has 0 aliphatic carbocycles. The second-order valence-corrected chi connectivity index (χ2v) is 6.08. The maximum atomic E-state index is 12.2. The summed E-state index contributed by atoms with van der Waals surface area (Å²) < 4.78 is 15.8. The maximum Gasteiger partial charge on any atom is 0.311 e. The van der Waals surface area contributed by atoms with Crippen LogP contribution in [0.5, 0.6) is 17.2 Å². The molecular weight excluding hydrogens is 322 g/mol. The van der Waals surface area contributed by atoms with Gasteiger partial charge in [0.2, 0.25) is 12.7 Å². The summed E-state index contributed by atoms with van der Waals surface area (Å²) in [6.45, 7) is 0.172. The van der Waals surface area contributed by atoms with E-state index in [2.05, 4.69) is 5.32 Å². The monoisotopic (exact) mass is 339 g/mol. The third-order valence-corrected chi connectivity index (χ3v) is 4.38. The molecule has 2 heterocycles. The van der Waals surface area contributed by atoms with Gasteiger partial charge >= 0.3 is 5.97 Å². The number of hydrogen-bond donors (Lipinski definition) is 1. The zero-order valence-corrected chi connectivity index (χ0v) is 13.5. The Morgan fingerprint density at radius 3 is 2.92 bits per heavy atom. The number of esters is 1. The molecule has 2 aliphatic rings. The minimum atomic E-state index is -0.370. The Morgan fingerprint density at radius 1 is 1.16 bits per heavy atom. The number of para-hydroxylation sites is 1. The Morgan fingerprint density at radius 2 is 2.00 bits per heavy atom. The maximum absolute atomic E-state index is 12.2. The number of benzene rings is 2. The molecule has 2 aliphatic heterocycles. The van der Waals surface area contributed by atoms with Crippen molar-refractivity contribution in [3.05, 3.63) is 48.0 Å². The van der Waals surface area contributed by atoms with Crippen LogP contribution in [0, 0.1) is 5.92 Å². The highest BCUT2D eigenvalue weighted by molar-refractivity contribution is 5.95. The predicted molar refractivity (Wildman–Crippen MR) is 89.7 cm³/mol. The third kappa shape index (κ3) is 3.28. The number of rotatable bonds is 4. The molecule has 0 saturated heterocycles.